The topological polar surface area (TPSA) is 289 Å². The summed E-state index contributed by atoms with van der Waals surface area (Å²) in [5, 5.41) is 35.6. The molecule has 0 fully saturated rings. The van der Waals surface area contributed by atoms with Crippen LogP contribution in [0.3, 0.4) is 0 Å². The third-order valence-electron chi connectivity index (χ3n) is 9.66. The van der Waals surface area contributed by atoms with Crippen LogP contribution in [0.4, 0.5) is 56.3 Å². The molecule has 358 valence electrons. The Morgan fingerprint density at radius 3 is 1.66 bits per heavy atom. The number of nitrogens with zero attached hydrogens (tertiary/aromatic N) is 11. The Balaban J connectivity index is 0.00000183. The number of nitrogens with one attached hydrogen (secondary N) is 2. The van der Waals surface area contributed by atoms with Gasteiger partial charge < -0.3 is 35.0 Å². The lowest BCUT2D eigenvalue weighted by Crippen LogP contribution is -2.21. The van der Waals surface area contributed by atoms with Crippen LogP contribution in [0, 0.1) is 0 Å². The Morgan fingerprint density at radius 2 is 1.19 bits per heavy atom. The molecular weight excluding hydrogens is 979 g/mol. The van der Waals surface area contributed by atoms with E-state index < -0.39 is 25.6 Å². The van der Waals surface area contributed by atoms with Crippen molar-refractivity contribution in [3.05, 3.63) is 66.7 Å². The summed E-state index contributed by atoms with van der Waals surface area (Å²) in [7, 11) is -4.75. The van der Waals surface area contributed by atoms with Crippen LogP contribution in [0.5, 0.6) is 11.5 Å². The van der Waals surface area contributed by atoms with Crippen LogP contribution in [0.25, 0.3) is 20.4 Å². The molecule has 0 saturated heterocycles. The van der Waals surface area contributed by atoms with Crippen molar-refractivity contribution in [1.29, 1.82) is 0 Å². The molecule has 4 aromatic carbocycles. The number of rotatable bonds is 20. The predicted octanol–water partition coefficient (Wildman–Crippen LogP) is 9.45. The molecule has 7 aromatic rings. The normalized spacial score (nSPS) is 11.5. The number of fused-ring (bicyclic) bond motifs is 2. The van der Waals surface area contributed by atoms with Gasteiger partial charge in [0.1, 0.15) is 27.8 Å². The van der Waals surface area contributed by atoms with E-state index in [0.717, 1.165) is 53.5 Å². The lowest BCUT2D eigenvalue weighted by molar-refractivity contribution is 0.322. The molecule has 0 bridgehead atoms. The van der Waals surface area contributed by atoms with E-state index in [9.17, 15) is 18.1 Å². The highest BCUT2D eigenvalue weighted by Crippen LogP contribution is 2.39. The van der Waals surface area contributed by atoms with Gasteiger partial charge in [-0.2, -0.15) is 23.4 Å². The molecule has 27 heteroatoms. The molecule has 68 heavy (non-hydrogen) atoms. The van der Waals surface area contributed by atoms with E-state index in [4.69, 9.17) is 37.1 Å². The second-order valence-corrected chi connectivity index (χ2v) is 18.6. The highest BCUT2D eigenvalue weighted by atomic mass is 32.2. The molecular formula is C41H45N13O9S5. The first-order valence-corrected chi connectivity index (χ1v) is 25.6. The van der Waals surface area contributed by atoms with Gasteiger partial charge in [-0.05, 0) is 88.4 Å². The zero-order valence-corrected chi connectivity index (χ0v) is 41.4. The summed E-state index contributed by atoms with van der Waals surface area (Å²) < 4.78 is 71.2. The average Bonchev–Trinajstić information content (AvgIpc) is 3.93. The van der Waals surface area contributed by atoms with Crippen LogP contribution < -0.4 is 29.9 Å². The van der Waals surface area contributed by atoms with Crippen molar-refractivity contribution in [2.75, 3.05) is 73.2 Å². The monoisotopic (exact) mass is 1020 g/mol. The van der Waals surface area contributed by atoms with Crippen LogP contribution in [-0.2, 0) is 20.7 Å². The minimum atomic E-state index is -4.57. The van der Waals surface area contributed by atoms with Gasteiger partial charge in [0.15, 0.2) is 5.16 Å². The molecule has 0 atom stereocenters. The van der Waals surface area contributed by atoms with Gasteiger partial charge in [0, 0.05) is 49.4 Å². The number of azo groups is 2. The van der Waals surface area contributed by atoms with Crippen LogP contribution in [-0.4, -0.2) is 108 Å². The van der Waals surface area contributed by atoms with Crippen LogP contribution >= 0.6 is 34.4 Å². The maximum Gasteiger partial charge on any atom is 0.425 e. The Morgan fingerprint density at radius 1 is 0.676 bits per heavy atom. The standard InChI is InChI=1S/C41H45N13O6S4.O3S/c1-7-53(8-2)24-11-14-27(49-51-40-44-29-16-13-26(59-5)21-34(29)62-40)30(19-24)42-37-46-38(48-39(47-37)61-18-17-55)43-31-20-25(54(9-3)10-4)12-15-28(31)50-52-41-45-32-22-36(64(56,57)58)33(60-6)23-35(32)63-41;1-4(2)3/h11-16,19-23,55H,7-10,17-18H2,1-6H3,(H,56,57,58)(H2,42,43,46,47,48);. The molecule has 7 rings (SSSR count). The number of benzene rings is 4. The van der Waals surface area contributed by atoms with Gasteiger partial charge in [-0.3, -0.25) is 4.55 Å². The van der Waals surface area contributed by atoms with Crippen molar-refractivity contribution in [2.24, 2.45) is 20.5 Å². The first-order valence-electron chi connectivity index (χ1n) is 20.5. The Kier molecular flexibility index (Phi) is 17.6. The van der Waals surface area contributed by atoms with Gasteiger partial charge >= 0.3 is 10.6 Å². The van der Waals surface area contributed by atoms with Gasteiger partial charge in [0.25, 0.3) is 10.1 Å². The van der Waals surface area contributed by atoms with Crippen LogP contribution in [0.2, 0.25) is 0 Å². The lowest BCUT2D eigenvalue weighted by Gasteiger charge is -2.22. The number of methoxy groups -OCH3 is 2. The molecule has 0 radical (unpaired) electrons. The quantitative estimate of drug-likeness (QED) is 0.0314. The summed E-state index contributed by atoms with van der Waals surface area (Å²) in [6, 6.07) is 19.9. The van der Waals surface area contributed by atoms with Crippen molar-refractivity contribution in [3.8, 4) is 11.5 Å². The van der Waals surface area contributed by atoms with Crippen molar-refractivity contribution in [1.82, 2.24) is 24.9 Å². The third kappa shape index (κ3) is 13.1. The summed E-state index contributed by atoms with van der Waals surface area (Å²) in [6.07, 6.45) is 0. The van der Waals surface area contributed by atoms with Gasteiger partial charge in [-0.15, -0.1) is 33.1 Å². The Labute approximate surface area is 404 Å². The summed E-state index contributed by atoms with van der Waals surface area (Å²) in [5.74, 6) is 1.43. The Bertz CT molecular complexity index is 3180. The van der Waals surface area contributed by atoms with E-state index in [1.807, 2.05) is 54.6 Å². The smallest absolute Gasteiger partial charge is 0.425 e. The Hall–Kier alpha value is -6.49. The van der Waals surface area contributed by atoms with E-state index in [2.05, 4.69) is 78.6 Å². The van der Waals surface area contributed by atoms with Crippen molar-refractivity contribution >= 4 is 132 Å². The van der Waals surface area contributed by atoms with Crippen molar-refractivity contribution in [3.63, 3.8) is 0 Å². The molecule has 3 heterocycles. The second kappa shape index (κ2) is 23.5. The first-order chi connectivity index (χ1) is 32.7. The fourth-order valence-electron chi connectivity index (χ4n) is 6.49. The van der Waals surface area contributed by atoms with E-state index in [1.54, 1.807) is 7.11 Å². The fourth-order valence-corrected chi connectivity index (χ4v) is 9.33. The number of ether oxygens (including phenoxy) is 2. The van der Waals surface area contributed by atoms with Crippen LogP contribution in [0.15, 0.2) is 97.2 Å². The van der Waals surface area contributed by atoms with Gasteiger partial charge in [-0.25, -0.2) is 9.97 Å². The van der Waals surface area contributed by atoms with E-state index in [0.29, 0.717) is 49.0 Å². The molecule has 0 aliphatic rings. The zero-order chi connectivity index (χ0) is 49.0. The molecule has 3 aromatic heterocycles. The maximum absolute atomic E-state index is 12.0. The predicted molar refractivity (Wildman–Crippen MR) is 264 cm³/mol. The summed E-state index contributed by atoms with van der Waals surface area (Å²) in [4.78, 5) is 27.2. The highest BCUT2D eigenvalue weighted by Gasteiger charge is 2.20. The second-order valence-electron chi connectivity index (χ2n) is 13.7. The SMILES string of the molecule is CCN(CC)c1ccc(N=Nc2nc3ccc(OC)cc3s2)c(Nc2nc(Nc3cc(N(CC)CC)ccc3N=Nc3nc4cc(S(=O)(=O)O)c(OC)cc4s3)nc(SCCO)n2)c1.O=S(=O)=O. The largest absolute Gasteiger partial charge is 0.497 e. The minimum absolute atomic E-state index is 0.0216. The fraction of sp³-hybridized carbons (Fsp3) is 0.293. The van der Waals surface area contributed by atoms with Crippen molar-refractivity contribution < 1.29 is 40.2 Å². The molecule has 0 amide bonds. The maximum atomic E-state index is 12.0. The minimum Gasteiger partial charge on any atom is -0.497 e. The number of anilines is 6. The van der Waals surface area contributed by atoms with Gasteiger partial charge in [0.2, 0.25) is 22.2 Å². The number of aromatic nitrogens is 5. The van der Waals surface area contributed by atoms with E-state index in [-0.39, 0.29) is 29.4 Å². The summed E-state index contributed by atoms with van der Waals surface area (Å²) in [5.41, 5.74) is 5.00. The number of hydrogen-bond donors (Lipinski definition) is 4. The molecule has 4 N–H and O–H groups in total. The van der Waals surface area contributed by atoms with Gasteiger partial charge in [0.05, 0.1) is 52.6 Å². The van der Waals surface area contributed by atoms with E-state index in [1.165, 1.54) is 53.7 Å². The van der Waals surface area contributed by atoms with Crippen LogP contribution in [0.1, 0.15) is 27.7 Å². The molecule has 0 saturated carbocycles. The molecule has 0 aliphatic carbocycles. The van der Waals surface area contributed by atoms with Gasteiger partial charge in [-0.1, -0.05) is 34.4 Å². The lowest BCUT2D eigenvalue weighted by atomic mass is 10.2. The number of aliphatic hydroxyl groups is 1. The first kappa shape index (κ1) is 50.9. The highest BCUT2D eigenvalue weighted by molar-refractivity contribution is 7.99. The molecule has 0 aliphatic heterocycles. The summed E-state index contributed by atoms with van der Waals surface area (Å²) >= 11 is 3.82. The number of hydrogen-bond acceptors (Lipinski definition) is 24. The van der Waals surface area contributed by atoms with E-state index >= 15 is 0 Å². The molecule has 22 nitrogen and oxygen atoms in total. The number of thiazole rings is 2. The zero-order valence-electron chi connectivity index (χ0n) is 37.3. The van der Waals surface area contributed by atoms with Crippen molar-refractivity contribution in [2.45, 2.75) is 37.7 Å². The summed E-state index contributed by atoms with van der Waals surface area (Å²) in [6.45, 7) is 11.3. The number of aliphatic hydroxyl groups excluding tert-OH is 1. The average molecular weight is 1020 g/mol. The molecule has 0 spiro atoms. The number of thioether (sulfide) groups is 1. The third-order valence-corrected chi connectivity index (χ3v) is 13.2. The molecule has 0 unspecified atom stereocenters.